The van der Waals surface area contributed by atoms with Crippen LogP contribution in [0.5, 0.6) is 0 Å². The molecule has 7 nitrogen and oxygen atoms in total. The third-order valence-corrected chi connectivity index (χ3v) is 6.12. The summed E-state index contributed by atoms with van der Waals surface area (Å²) >= 11 is 3.13. The van der Waals surface area contributed by atoms with Crippen LogP contribution in [0.15, 0.2) is 47.3 Å². The molecule has 0 N–H and O–H groups in total. The first kappa shape index (κ1) is 19.4. The van der Waals surface area contributed by atoms with E-state index in [1.54, 1.807) is 12.4 Å². The van der Waals surface area contributed by atoms with E-state index in [0.29, 0.717) is 18.2 Å². The zero-order valence-electron chi connectivity index (χ0n) is 15.3. The van der Waals surface area contributed by atoms with Gasteiger partial charge in [-0.1, -0.05) is 0 Å². The summed E-state index contributed by atoms with van der Waals surface area (Å²) in [7, 11) is 1.26. The number of halogens is 2. The molecule has 4 rings (SSSR count). The summed E-state index contributed by atoms with van der Waals surface area (Å²) < 4.78 is 19.2. The fraction of sp³-hybridized carbons (Fsp3) is 0.250. The van der Waals surface area contributed by atoms with Crippen LogP contribution < -0.4 is 0 Å². The number of aromatic nitrogens is 2. The van der Waals surface area contributed by atoms with Gasteiger partial charge >= 0.3 is 5.97 Å². The van der Waals surface area contributed by atoms with Crippen molar-refractivity contribution in [2.45, 2.75) is 24.2 Å². The molecule has 1 aliphatic carbocycles. The van der Waals surface area contributed by atoms with Crippen molar-refractivity contribution in [3.8, 4) is 0 Å². The normalized spacial score (nSPS) is 20.9. The highest BCUT2D eigenvalue weighted by Gasteiger charge is 2.56. The van der Waals surface area contributed by atoms with Gasteiger partial charge in [0.1, 0.15) is 17.4 Å². The molecule has 0 unspecified atom stereocenters. The van der Waals surface area contributed by atoms with Crippen LogP contribution in [0.3, 0.4) is 0 Å². The van der Waals surface area contributed by atoms with Crippen molar-refractivity contribution in [3.63, 3.8) is 0 Å². The Labute approximate surface area is 173 Å². The van der Waals surface area contributed by atoms with Crippen LogP contribution in [-0.4, -0.2) is 28.0 Å². The van der Waals surface area contributed by atoms with E-state index in [4.69, 9.17) is 4.74 Å². The number of hydrogen-bond acceptors (Lipinski definition) is 6. The standard InChI is InChI=1S/C20H15BrFN3O4/c1-29-19(26)20(8-12(9-20)11-2-4-23-5-3-11)18-13-6-14(21)15(22)7-16(13)24-10-17(18)25(27)28/h2-7,10,12H,8-9H2,1H3. The quantitative estimate of drug-likeness (QED) is 0.325. The van der Waals surface area contributed by atoms with Crippen LogP contribution in [0.1, 0.15) is 29.9 Å². The van der Waals surface area contributed by atoms with Crippen LogP contribution in [0.25, 0.3) is 10.9 Å². The molecule has 148 valence electrons. The van der Waals surface area contributed by atoms with E-state index in [9.17, 15) is 19.3 Å². The number of hydrogen-bond donors (Lipinski definition) is 0. The summed E-state index contributed by atoms with van der Waals surface area (Å²) in [5.74, 6) is -1.08. The van der Waals surface area contributed by atoms with Gasteiger partial charge in [-0.05, 0) is 58.5 Å². The van der Waals surface area contributed by atoms with E-state index in [0.717, 1.165) is 11.8 Å². The fourth-order valence-corrected chi connectivity index (χ4v) is 4.48. The number of ether oxygens (including phenoxy) is 1. The molecule has 9 heteroatoms. The van der Waals surface area contributed by atoms with E-state index in [-0.39, 0.29) is 27.2 Å². The van der Waals surface area contributed by atoms with Crippen LogP contribution in [0.2, 0.25) is 0 Å². The van der Waals surface area contributed by atoms with Crippen molar-refractivity contribution in [2.75, 3.05) is 7.11 Å². The van der Waals surface area contributed by atoms with Gasteiger partial charge in [0.05, 0.1) is 27.6 Å². The van der Waals surface area contributed by atoms with E-state index < -0.39 is 22.1 Å². The number of carbonyl (C=O) groups excluding carboxylic acids is 1. The van der Waals surface area contributed by atoms with Gasteiger partial charge in [-0.3, -0.25) is 19.9 Å². The summed E-state index contributed by atoms with van der Waals surface area (Å²) in [5, 5.41) is 12.1. The number of nitrogens with zero attached hydrogens (tertiary/aromatic N) is 3. The zero-order valence-corrected chi connectivity index (χ0v) is 16.8. The first-order valence-corrected chi connectivity index (χ1v) is 9.57. The summed E-state index contributed by atoms with van der Waals surface area (Å²) in [5.41, 5.74) is -0.0570. The Balaban J connectivity index is 1.94. The maximum absolute atomic E-state index is 14.0. The smallest absolute Gasteiger partial charge is 0.316 e. The molecule has 0 amide bonds. The molecule has 2 aromatic heterocycles. The second-order valence-corrected chi connectivity index (χ2v) is 7.87. The maximum Gasteiger partial charge on any atom is 0.316 e. The van der Waals surface area contributed by atoms with Gasteiger partial charge in [0.2, 0.25) is 0 Å². The number of methoxy groups -OCH3 is 1. The van der Waals surface area contributed by atoms with E-state index >= 15 is 0 Å². The van der Waals surface area contributed by atoms with Gasteiger partial charge in [0.25, 0.3) is 5.69 Å². The number of fused-ring (bicyclic) bond motifs is 1. The molecule has 0 aliphatic heterocycles. The number of pyridine rings is 2. The summed E-state index contributed by atoms with van der Waals surface area (Å²) in [4.78, 5) is 32.2. The van der Waals surface area contributed by atoms with Crippen molar-refractivity contribution in [1.82, 2.24) is 9.97 Å². The van der Waals surface area contributed by atoms with Crippen molar-refractivity contribution >= 4 is 38.5 Å². The highest BCUT2D eigenvalue weighted by molar-refractivity contribution is 9.10. The van der Waals surface area contributed by atoms with Gasteiger partial charge in [0.15, 0.2) is 0 Å². The molecule has 3 aromatic rings. The number of rotatable bonds is 4. The largest absolute Gasteiger partial charge is 0.468 e. The molecule has 0 saturated heterocycles. The van der Waals surface area contributed by atoms with Gasteiger partial charge in [-0.15, -0.1) is 0 Å². The van der Waals surface area contributed by atoms with Gasteiger partial charge in [-0.2, -0.15) is 0 Å². The Kier molecular flexibility index (Phi) is 4.77. The molecular weight excluding hydrogens is 445 g/mol. The number of carbonyl (C=O) groups is 1. The van der Waals surface area contributed by atoms with Crippen LogP contribution >= 0.6 is 15.9 Å². The van der Waals surface area contributed by atoms with Crippen molar-refractivity contribution in [1.29, 1.82) is 0 Å². The molecule has 1 aromatic carbocycles. The van der Waals surface area contributed by atoms with E-state index in [1.807, 2.05) is 12.1 Å². The van der Waals surface area contributed by atoms with Crippen LogP contribution in [-0.2, 0) is 14.9 Å². The predicted molar refractivity (Wildman–Crippen MR) is 106 cm³/mol. The van der Waals surface area contributed by atoms with Gasteiger partial charge in [-0.25, -0.2) is 9.37 Å². The summed E-state index contributed by atoms with van der Waals surface area (Å²) in [6.07, 6.45) is 5.07. The Morgan fingerprint density at radius 3 is 2.66 bits per heavy atom. The number of esters is 1. The second-order valence-electron chi connectivity index (χ2n) is 7.02. The molecule has 1 saturated carbocycles. The zero-order chi connectivity index (χ0) is 20.8. The molecule has 2 heterocycles. The first-order chi connectivity index (χ1) is 13.9. The fourth-order valence-electron chi connectivity index (χ4n) is 4.14. The molecule has 1 fully saturated rings. The Bertz CT molecular complexity index is 1130. The second kappa shape index (κ2) is 7.14. The lowest BCUT2D eigenvalue weighted by Crippen LogP contribution is -2.48. The average Bonchev–Trinajstić information content (AvgIpc) is 2.68. The third-order valence-electron chi connectivity index (χ3n) is 5.51. The lowest BCUT2D eigenvalue weighted by Gasteiger charge is -2.45. The molecular formula is C20H15BrFN3O4. The van der Waals surface area contributed by atoms with Crippen molar-refractivity contribution < 1.29 is 18.8 Å². The average molecular weight is 460 g/mol. The minimum Gasteiger partial charge on any atom is -0.468 e. The van der Waals surface area contributed by atoms with E-state index in [1.165, 1.54) is 19.2 Å². The number of benzene rings is 1. The molecule has 0 atom stereocenters. The first-order valence-electron chi connectivity index (χ1n) is 8.78. The molecule has 0 radical (unpaired) electrons. The molecule has 0 bridgehead atoms. The highest BCUT2D eigenvalue weighted by atomic mass is 79.9. The van der Waals surface area contributed by atoms with Gasteiger partial charge in [0, 0.05) is 23.8 Å². The minimum atomic E-state index is -1.22. The molecule has 1 aliphatic rings. The summed E-state index contributed by atoms with van der Waals surface area (Å²) in [6, 6.07) is 6.34. The van der Waals surface area contributed by atoms with E-state index in [2.05, 4.69) is 25.9 Å². The third kappa shape index (κ3) is 3.05. The lowest BCUT2D eigenvalue weighted by atomic mass is 9.56. The van der Waals surface area contributed by atoms with Crippen molar-refractivity contribution in [3.05, 3.63) is 74.4 Å². The van der Waals surface area contributed by atoms with Crippen LogP contribution in [0.4, 0.5) is 10.1 Å². The molecule has 0 spiro atoms. The monoisotopic (exact) mass is 459 g/mol. The molecule has 29 heavy (non-hydrogen) atoms. The SMILES string of the molecule is COC(=O)C1(c2c([N+](=O)[O-])cnc3cc(F)c(Br)cc23)CC(c2ccncc2)C1. The minimum absolute atomic E-state index is 0.0174. The number of nitro groups is 1. The topological polar surface area (TPSA) is 95.2 Å². The van der Waals surface area contributed by atoms with Gasteiger partial charge < -0.3 is 4.74 Å². The summed E-state index contributed by atoms with van der Waals surface area (Å²) in [6.45, 7) is 0. The highest BCUT2D eigenvalue weighted by Crippen LogP contribution is 2.56. The Hall–Kier alpha value is -2.94. The predicted octanol–water partition coefficient (Wildman–Crippen LogP) is 4.43. The Morgan fingerprint density at radius 1 is 1.34 bits per heavy atom. The maximum atomic E-state index is 14.0. The Morgan fingerprint density at radius 2 is 2.03 bits per heavy atom. The van der Waals surface area contributed by atoms with Crippen molar-refractivity contribution in [2.24, 2.45) is 0 Å². The van der Waals surface area contributed by atoms with Crippen LogP contribution in [0, 0.1) is 15.9 Å². The lowest BCUT2D eigenvalue weighted by molar-refractivity contribution is -0.386.